The number of nitro benzene ring substituents is 1. The average molecular weight is 430 g/mol. The number of nitrogens with zero attached hydrogens (tertiary/aromatic N) is 4. The number of hydrogen-bond acceptors (Lipinski definition) is 7. The molecule has 0 fully saturated rings. The Morgan fingerprint density at radius 3 is 2.90 bits per heavy atom. The number of benzene rings is 1. The van der Waals surface area contributed by atoms with Gasteiger partial charge in [-0.05, 0) is 19.2 Å². The molecule has 0 aliphatic carbocycles. The van der Waals surface area contributed by atoms with Gasteiger partial charge in [0, 0.05) is 31.4 Å². The van der Waals surface area contributed by atoms with Crippen LogP contribution in [-0.4, -0.2) is 58.6 Å². The van der Waals surface area contributed by atoms with Crippen LogP contribution in [-0.2, 0) is 6.54 Å². The molecule has 1 aliphatic heterocycles. The van der Waals surface area contributed by atoms with Gasteiger partial charge in [0.1, 0.15) is 11.9 Å². The smallest absolute Gasteiger partial charge is 0.486 e. The zero-order valence-electron chi connectivity index (χ0n) is 16.3. The molecule has 9 nitrogen and oxygen atoms in total. The van der Waals surface area contributed by atoms with E-state index in [0.717, 1.165) is 12.1 Å². The van der Waals surface area contributed by atoms with Crippen molar-refractivity contribution in [1.29, 1.82) is 0 Å². The molecule has 2 atom stereocenters. The molecule has 1 unspecified atom stereocenters. The van der Waals surface area contributed by atoms with Crippen LogP contribution in [0.5, 0.6) is 17.5 Å². The first-order valence-corrected chi connectivity index (χ1v) is 9.14. The van der Waals surface area contributed by atoms with Gasteiger partial charge < -0.3 is 19.1 Å². The minimum absolute atomic E-state index is 0.000786. The van der Waals surface area contributed by atoms with Crippen molar-refractivity contribution in [3.63, 3.8) is 0 Å². The van der Waals surface area contributed by atoms with Crippen molar-refractivity contribution in [2.24, 2.45) is 5.92 Å². The minimum atomic E-state index is -4.93. The van der Waals surface area contributed by atoms with E-state index < -0.39 is 22.7 Å². The third-order valence-electron chi connectivity index (χ3n) is 4.37. The molecule has 0 spiro atoms. The molecule has 164 valence electrons. The van der Waals surface area contributed by atoms with Crippen molar-refractivity contribution in [3.8, 4) is 17.5 Å². The molecule has 0 saturated heterocycles. The predicted molar refractivity (Wildman–Crippen MR) is 98.6 cm³/mol. The summed E-state index contributed by atoms with van der Waals surface area (Å²) in [6.45, 7) is 4.06. The fourth-order valence-electron chi connectivity index (χ4n) is 3.25. The summed E-state index contributed by atoms with van der Waals surface area (Å²) in [6, 6.07) is 3.37. The molecular weight excluding hydrogens is 409 g/mol. The highest BCUT2D eigenvalue weighted by Crippen LogP contribution is 2.33. The van der Waals surface area contributed by atoms with Crippen LogP contribution in [0.25, 0.3) is 0 Å². The summed E-state index contributed by atoms with van der Waals surface area (Å²) in [5.41, 5.74) is -0.592. The van der Waals surface area contributed by atoms with Gasteiger partial charge in [0.2, 0.25) is 0 Å². The molecule has 1 aromatic carbocycles. The van der Waals surface area contributed by atoms with Crippen LogP contribution >= 0.6 is 0 Å². The molecular formula is C18H21F3N4O5. The predicted octanol–water partition coefficient (Wildman–Crippen LogP) is 3.10. The summed E-state index contributed by atoms with van der Waals surface area (Å²) in [6.07, 6.45) is -1.43. The first-order chi connectivity index (χ1) is 14.1. The van der Waals surface area contributed by atoms with E-state index in [4.69, 9.17) is 9.47 Å². The summed E-state index contributed by atoms with van der Waals surface area (Å²) >= 11 is 0. The summed E-state index contributed by atoms with van der Waals surface area (Å²) in [5.74, 6) is -0.793. The van der Waals surface area contributed by atoms with E-state index >= 15 is 0 Å². The molecule has 0 N–H and O–H groups in total. The second kappa shape index (κ2) is 8.78. The summed E-state index contributed by atoms with van der Waals surface area (Å²) in [7, 11) is 1.92. The number of alkyl halides is 3. The highest BCUT2D eigenvalue weighted by Gasteiger charge is 2.32. The maximum Gasteiger partial charge on any atom is 0.573 e. The van der Waals surface area contributed by atoms with Crippen LogP contribution in [0.15, 0.2) is 30.6 Å². The van der Waals surface area contributed by atoms with Gasteiger partial charge in [-0.25, -0.2) is 4.98 Å². The van der Waals surface area contributed by atoms with E-state index in [9.17, 15) is 23.3 Å². The Labute approximate surface area is 170 Å². The number of aromatic nitrogens is 2. The van der Waals surface area contributed by atoms with E-state index in [1.165, 1.54) is 0 Å². The summed E-state index contributed by atoms with van der Waals surface area (Å²) in [4.78, 5) is 16.5. The minimum Gasteiger partial charge on any atom is -0.486 e. The zero-order valence-corrected chi connectivity index (χ0v) is 16.3. The quantitative estimate of drug-likeness (QED) is 0.446. The number of ether oxygens (including phenoxy) is 3. The Morgan fingerprint density at radius 1 is 1.47 bits per heavy atom. The number of rotatable bonds is 9. The van der Waals surface area contributed by atoms with Gasteiger partial charge in [0.15, 0.2) is 5.75 Å². The topological polar surface area (TPSA) is 91.9 Å². The van der Waals surface area contributed by atoms with Crippen LogP contribution in [0.1, 0.15) is 6.92 Å². The molecule has 0 saturated carbocycles. The third kappa shape index (κ3) is 5.75. The number of nitro groups is 1. The number of halogens is 3. The Hall–Kier alpha value is -3.02. The van der Waals surface area contributed by atoms with Crippen LogP contribution < -0.4 is 14.2 Å². The fraction of sp³-hybridized carbons (Fsp3) is 0.500. The highest BCUT2D eigenvalue weighted by molar-refractivity contribution is 5.51. The second-order valence-corrected chi connectivity index (χ2v) is 7.17. The van der Waals surface area contributed by atoms with Gasteiger partial charge in [-0.3, -0.25) is 14.7 Å². The lowest BCUT2D eigenvalue weighted by molar-refractivity contribution is -0.386. The Kier molecular flexibility index (Phi) is 6.34. The third-order valence-corrected chi connectivity index (χ3v) is 4.37. The molecule has 1 aliphatic rings. The van der Waals surface area contributed by atoms with E-state index in [-0.39, 0.29) is 24.4 Å². The molecule has 0 bridgehead atoms. The Morgan fingerprint density at radius 2 is 2.23 bits per heavy atom. The van der Waals surface area contributed by atoms with Gasteiger partial charge in [0.05, 0.1) is 24.1 Å². The van der Waals surface area contributed by atoms with Crippen molar-refractivity contribution in [2.75, 3.05) is 26.7 Å². The number of likely N-dealkylation sites (N-methyl/N-ethyl adjacent to an activating group) is 1. The van der Waals surface area contributed by atoms with E-state index in [0.29, 0.717) is 31.7 Å². The molecule has 3 rings (SSSR count). The lowest BCUT2D eigenvalue weighted by Crippen LogP contribution is -2.36. The van der Waals surface area contributed by atoms with Gasteiger partial charge in [-0.15, -0.1) is 13.2 Å². The van der Waals surface area contributed by atoms with Gasteiger partial charge in [-0.1, -0.05) is 6.92 Å². The largest absolute Gasteiger partial charge is 0.573 e. The van der Waals surface area contributed by atoms with Gasteiger partial charge in [-0.2, -0.15) is 0 Å². The van der Waals surface area contributed by atoms with Crippen LogP contribution in [0.4, 0.5) is 18.9 Å². The molecule has 12 heteroatoms. The average Bonchev–Trinajstić information content (AvgIpc) is 3.20. The van der Waals surface area contributed by atoms with Crippen LogP contribution in [0, 0.1) is 16.0 Å². The highest BCUT2D eigenvalue weighted by atomic mass is 19.4. The van der Waals surface area contributed by atoms with Crippen molar-refractivity contribution in [2.45, 2.75) is 25.9 Å². The molecule has 0 amide bonds. The maximum absolute atomic E-state index is 12.3. The SMILES string of the molecule is CC(COc1ccc(OC(F)(F)F)cc1[N+](=O)[O-])CN(C)C[C@H]1Cn2ccnc2O1. The molecule has 30 heavy (non-hydrogen) atoms. The first-order valence-electron chi connectivity index (χ1n) is 9.14. The van der Waals surface area contributed by atoms with Crippen LogP contribution in [0.2, 0.25) is 0 Å². The normalized spacial score (nSPS) is 16.8. The van der Waals surface area contributed by atoms with Crippen molar-refractivity contribution in [3.05, 3.63) is 40.7 Å². The lowest BCUT2D eigenvalue weighted by Gasteiger charge is -2.23. The zero-order chi connectivity index (χ0) is 21.9. The van der Waals surface area contributed by atoms with E-state index in [2.05, 4.69) is 14.6 Å². The standard InChI is InChI=1S/C18H21F3N4O5/c1-12(8-23(2)9-14-10-24-6-5-22-17(24)29-14)11-28-16-4-3-13(30-18(19,20)21)7-15(16)25(26)27/h3-7,12,14H,8-11H2,1-2H3/t12?,14-/m0/s1. The fourth-order valence-corrected chi connectivity index (χ4v) is 3.25. The van der Waals surface area contributed by atoms with Gasteiger partial charge in [0.25, 0.3) is 6.01 Å². The first kappa shape index (κ1) is 21.7. The van der Waals surface area contributed by atoms with E-state index in [1.54, 1.807) is 6.20 Å². The summed E-state index contributed by atoms with van der Waals surface area (Å²) < 4.78 is 53.8. The van der Waals surface area contributed by atoms with Crippen LogP contribution in [0.3, 0.4) is 0 Å². The lowest BCUT2D eigenvalue weighted by atomic mass is 10.2. The summed E-state index contributed by atoms with van der Waals surface area (Å²) in [5, 5.41) is 11.2. The van der Waals surface area contributed by atoms with Crippen molar-refractivity contribution < 1.29 is 32.3 Å². The molecule has 2 heterocycles. The van der Waals surface area contributed by atoms with E-state index in [1.807, 2.05) is 24.7 Å². The van der Waals surface area contributed by atoms with Crippen molar-refractivity contribution in [1.82, 2.24) is 14.5 Å². The number of imidazole rings is 1. The Balaban J connectivity index is 1.50. The molecule has 1 aromatic heterocycles. The molecule has 2 aromatic rings. The molecule has 0 radical (unpaired) electrons. The maximum atomic E-state index is 12.3. The number of fused-ring (bicyclic) bond motifs is 1. The Bertz CT molecular complexity index is 868. The monoisotopic (exact) mass is 430 g/mol. The van der Waals surface area contributed by atoms with Gasteiger partial charge >= 0.3 is 12.0 Å². The van der Waals surface area contributed by atoms with Crippen molar-refractivity contribution >= 4 is 5.69 Å². The number of hydrogen-bond donors (Lipinski definition) is 0. The second-order valence-electron chi connectivity index (χ2n) is 7.17.